The van der Waals surface area contributed by atoms with Gasteiger partial charge in [0.15, 0.2) is 9.84 Å². The molecule has 0 saturated carbocycles. The van der Waals surface area contributed by atoms with E-state index in [2.05, 4.69) is 27.2 Å². The van der Waals surface area contributed by atoms with Gasteiger partial charge in [0, 0.05) is 24.2 Å². The zero-order valence-corrected chi connectivity index (χ0v) is 17.2. The molecule has 1 amide bonds. The predicted molar refractivity (Wildman–Crippen MR) is 113 cm³/mol. The van der Waals surface area contributed by atoms with Gasteiger partial charge in [-0.25, -0.2) is 18.1 Å². The molecule has 3 aromatic rings. The molecule has 0 aliphatic carbocycles. The van der Waals surface area contributed by atoms with Crippen LogP contribution in [0.25, 0.3) is 5.69 Å². The second-order valence-corrected chi connectivity index (χ2v) is 9.69. The van der Waals surface area contributed by atoms with Crippen molar-refractivity contribution in [3.05, 3.63) is 77.9 Å². The number of carbonyl (C=O) groups is 1. The molecule has 30 heavy (non-hydrogen) atoms. The first kappa shape index (κ1) is 19.9. The van der Waals surface area contributed by atoms with Crippen LogP contribution in [0, 0.1) is 11.8 Å². The highest BCUT2D eigenvalue weighted by Gasteiger charge is 2.39. The van der Waals surface area contributed by atoms with E-state index in [-0.39, 0.29) is 17.4 Å². The summed E-state index contributed by atoms with van der Waals surface area (Å²) in [7, 11) is -3.12. The van der Waals surface area contributed by atoms with Gasteiger partial charge < -0.3 is 5.32 Å². The van der Waals surface area contributed by atoms with Crippen LogP contribution in [0.4, 0.5) is 0 Å². The zero-order valence-electron chi connectivity index (χ0n) is 16.4. The van der Waals surface area contributed by atoms with Gasteiger partial charge in [-0.3, -0.25) is 4.79 Å². The second-order valence-electron chi connectivity index (χ2n) is 7.50. The molecule has 0 bridgehead atoms. The van der Waals surface area contributed by atoms with Gasteiger partial charge in [-0.05, 0) is 55.7 Å². The first-order chi connectivity index (χ1) is 14.3. The number of pyridine rings is 1. The van der Waals surface area contributed by atoms with E-state index in [9.17, 15) is 13.2 Å². The van der Waals surface area contributed by atoms with Gasteiger partial charge in [-0.1, -0.05) is 12.0 Å². The molecule has 0 unspecified atom stereocenters. The van der Waals surface area contributed by atoms with Crippen LogP contribution in [-0.4, -0.2) is 46.1 Å². The Kier molecular flexibility index (Phi) is 5.14. The number of sulfone groups is 1. The minimum absolute atomic E-state index is 0.0521. The molecule has 4 rings (SSSR count). The van der Waals surface area contributed by atoms with E-state index in [1.807, 2.05) is 12.1 Å². The van der Waals surface area contributed by atoms with Crippen molar-refractivity contribution < 1.29 is 13.2 Å². The van der Waals surface area contributed by atoms with Crippen LogP contribution in [0.15, 0.2) is 61.1 Å². The van der Waals surface area contributed by atoms with E-state index in [0.29, 0.717) is 23.2 Å². The standard InChI is InChI=1S/C22H20N4O3S/c1-22(10-14-30(28,29)16-22)25-21(27)18-7-9-20(26-13-4-12-24-26)17(15-18)6-8-19-5-2-3-11-23-19/h2-5,7,9,11-13,15H,10,14,16H2,1H3,(H,25,27)/t22-/m0/s1. The van der Waals surface area contributed by atoms with E-state index < -0.39 is 15.4 Å². The highest BCUT2D eigenvalue weighted by molar-refractivity contribution is 7.91. The van der Waals surface area contributed by atoms with Crippen molar-refractivity contribution in [1.29, 1.82) is 0 Å². The first-order valence-electron chi connectivity index (χ1n) is 9.44. The molecular formula is C22H20N4O3S. The van der Waals surface area contributed by atoms with E-state index in [1.54, 1.807) is 60.5 Å². The average molecular weight is 420 g/mol. The highest BCUT2D eigenvalue weighted by atomic mass is 32.2. The van der Waals surface area contributed by atoms with Gasteiger partial charge >= 0.3 is 0 Å². The largest absolute Gasteiger partial charge is 0.346 e. The third kappa shape index (κ3) is 4.42. The van der Waals surface area contributed by atoms with Crippen molar-refractivity contribution in [2.24, 2.45) is 0 Å². The van der Waals surface area contributed by atoms with Gasteiger partial charge in [-0.2, -0.15) is 5.10 Å². The Hall–Kier alpha value is -3.44. The Bertz CT molecular complexity index is 1240. The summed E-state index contributed by atoms with van der Waals surface area (Å²) >= 11 is 0. The van der Waals surface area contributed by atoms with Crippen LogP contribution in [0.1, 0.15) is 35.0 Å². The van der Waals surface area contributed by atoms with Gasteiger partial charge in [0.1, 0.15) is 5.69 Å². The Morgan fingerprint density at radius 1 is 1.17 bits per heavy atom. The number of nitrogens with zero attached hydrogens (tertiary/aromatic N) is 3. The number of hydrogen-bond donors (Lipinski definition) is 1. The first-order valence-corrected chi connectivity index (χ1v) is 11.3. The summed E-state index contributed by atoms with van der Waals surface area (Å²) in [6.45, 7) is 1.76. The molecule has 0 radical (unpaired) electrons. The molecule has 1 N–H and O–H groups in total. The maximum Gasteiger partial charge on any atom is 0.251 e. The topological polar surface area (TPSA) is 93.9 Å². The maximum absolute atomic E-state index is 12.9. The van der Waals surface area contributed by atoms with Crippen LogP contribution >= 0.6 is 0 Å². The molecule has 1 aromatic carbocycles. The molecule has 1 atom stereocenters. The monoisotopic (exact) mass is 420 g/mol. The molecule has 152 valence electrons. The Labute approximate surface area is 175 Å². The quantitative estimate of drug-likeness (QED) is 0.654. The van der Waals surface area contributed by atoms with Crippen molar-refractivity contribution in [3.63, 3.8) is 0 Å². The molecule has 0 spiro atoms. The minimum Gasteiger partial charge on any atom is -0.346 e. The SMILES string of the molecule is C[C@]1(NC(=O)c2ccc(-n3cccn3)c(C#Cc3ccccn3)c2)CCS(=O)(=O)C1. The smallest absolute Gasteiger partial charge is 0.251 e. The number of amides is 1. The number of nitrogens with one attached hydrogen (secondary N) is 1. The highest BCUT2D eigenvalue weighted by Crippen LogP contribution is 2.24. The van der Waals surface area contributed by atoms with Crippen LogP contribution in [0.3, 0.4) is 0 Å². The Morgan fingerprint density at radius 3 is 2.70 bits per heavy atom. The van der Waals surface area contributed by atoms with Crippen molar-refractivity contribution in [2.45, 2.75) is 18.9 Å². The normalized spacial score (nSPS) is 19.6. The second kappa shape index (κ2) is 7.76. The van der Waals surface area contributed by atoms with Crippen molar-refractivity contribution >= 4 is 15.7 Å². The lowest BCUT2D eigenvalue weighted by Crippen LogP contribution is -2.46. The minimum atomic E-state index is -3.12. The summed E-state index contributed by atoms with van der Waals surface area (Å²) in [5.41, 5.74) is 1.59. The Morgan fingerprint density at radius 2 is 2.03 bits per heavy atom. The molecule has 8 heteroatoms. The van der Waals surface area contributed by atoms with E-state index in [4.69, 9.17) is 0 Å². The van der Waals surface area contributed by atoms with E-state index >= 15 is 0 Å². The van der Waals surface area contributed by atoms with E-state index in [0.717, 1.165) is 5.69 Å². The third-order valence-electron chi connectivity index (χ3n) is 4.92. The number of benzene rings is 1. The molecule has 1 aliphatic heterocycles. The van der Waals surface area contributed by atoms with Gasteiger partial charge in [0.25, 0.3) is 5.91 Å². The van der Waals surface area contributed by atoms with Crippen LogP contribution in [0.2, 0.25) is 0 Å². The predicted octanol–water partition coefficient (Wildman–Crippen LogP) is 1.97. The van der Waals surface area contributed by atoms with Crippen molar-refractivity contribution in [2.75, 3.05) is 11.5 Å². The molecular weight excluding hydrogens is 400 g/mol. The summed E-state index contributed by atoms with van der Waals surface area (Å²) in [6, 6.07) is 12.4. The molecule has 2 aromatic heterocycles. The van der Waals surface area contributed by atoms with Crippen LogP contribution in [-0.2, 0) is 9.84 Å². The van der Waals surface area contributed by atoms with Crippen LogP contribution in [0.5, 0.6) is 0 Å². The fourth-order valence-electron chi connectivity index (χ4n) is 3.41. The number of carbonyl (C=O) groups excluding carboxylic acids is 1. The van der Waals surface area contributed by atoms with Gasteiger partial charge in [0.2, 0.25) is 0 Å². The van der Waals surface area contributed by atoms with Crippen molar-refractivity contribution in [1.82, 2.24) is 20.1 Å². The lowest BCUT2D eigenvalue weighted by atomic mass is 10.0. The van der Waals surface area contributed by atoms with E-state index in [1.165, 1.54) is 0 Å². The maximum atomic E-state index is 12.9. The number of hydrogen-bond acceptors (Lipinski definition) is 5. The third-order valence-corrected chi connectivity index (χ3v) is 6.82. The fraction of sp³-hybridized carbons (Fsp3) is 0.227. The number of aromatic nitrogens is 3. The summed E-state index contributed by atoms with van der Waals surface area (Å²) in [5.74, 6) is 5.79. The lowest BCUT2D eigenvalue weighted by molar-refractivity contribution is 0.0915. The van der Waals surface area contributed by atoms with Gasteiger partial charge in [0.05, 0.1) is 28.3 Å². The van der Waals surface area contributed by atoms with Crippen molar-refractivity contribution in [3.8, 4) is 17.5 Å². The average Bonchev–Trinajstić information content (AvgIpc) is 3.34. The molecule has 7 nitrogen and oxygen atoms in total. The molecule has 1 aliphatic rings. The van der Waals surface area contributed by atoms with Gasteiger partial charge in [-0.15, -0.1) is 0 Å². The fourth-order valence-corrected chi connectivity index (χ4v) is 5.50. The number of rotatable bonds is 3. The zero-order chi connectivity index (χ0) is 21.2. The molecule has 1 fully saturated rings. The summed E-state index contributed by atoms with van der Waals surface area (Å²) in [5, 5.41) is 7.13. The summed E-state index contributed by atoms with van der Waals surface area (Å²) < 4.78 is 25.3. The Balaban J connectivity index is 1.67. The lowest BCUT2D eigenvalue weighted by Gasteiger charge is -2.24. The molecule has 1 saturated heterocycles. The van der Waals surface area contributed by atoms with Crippen LogP contribution < -0.4 is 5.32 Å². The summed E-state index contributed by atoms with van der Waals surface area (Å²) in [6.07, 6.45) is 5.53. The summed E-state index contributed by atoms with van der Waals surface area (Å²) in [4.78, 5) is 17.1. The molecule has 3 heterocycles.